The normalized spacial score (nSPS) is 10.4. The van der Waals surface area contributed by atoms with Crippen LogP contribution in [0, 0.1) is 0 Å². The zero-order chi connectivity index (χ0) is 10.2. The Morgan fingerprint density at radius 3 is 2.86 bits per heavy atom. The molecule has 0 radical (unpaired) electrons. The molecule has 0 aliphatic heterocycles. The van der Waals surface area contributed by atoms with E-state index in [-0.39, 0.29) is 0 Å². The van der Waals surface area contributed by atoms with Gasteiger partial charge in [0.1, 0.15) is 5.03 Å². The SMILES string of the molecule is ClCCCCCSc1ncccc1Cl. The molecule has 0 saturated carbocycles. The molecule has 0 amide bonds. The predicted octanol–water partition coefficient (Wildman–Crippen LogP) is 4.24. The van der Waals surface area contributed by atoms with Gasteiger partial charge in [0, 0.05) is 12.1 Å². The van der Waals surface area contributed by atoms with Gasteiger partial charge in [-0.25, -0.2) is 4.98 Å². The molecule has 1 nitrogen and oxygen atoms in total. The number of alkyl halides is 1. The van der Waals surface area contributed by atoms with Crippen LogP contribution in [-0.2, 0) is 0 Å². The Hall–Kier alpha value is 0.0800. The quantitative estimate of drug-likeness (QED) is 0.425. The molecule has 0 bridgehead atoms. The first-order chi connectivity index (χ1) is 6.84. The first-order valence-corrected chi connectivity index (χ1v) is 6.53. The van der Waals surface area contributed by atoms with Crippen LogP contribution in [0.3, 0.4) is 0 Å². The van der Waals surface area contributed by atoms with Crippen LogP contribution in [0.1, 0.15) is 19.3 Å². The first-order valence-electron chi connectivity index (χ1n) is 4.64. The van der Waals surface area contributed by atoms with E-state index in [2.05, 4.69) is 4.98 Å². The number of nitrogens with zero attached hydrogens (tertiary/aromatic N) is 1. The second-order valence-corrected chi connectivity index (χ2v) is 4.76. The van der Waals surface area contributed by atoms with Gasteiger partial charge in [-0.15, -0.1) is 23.4 Å². The maximum absolute atomic E-state index is 5.96. The van der Waals surface area contributed by atoms with Crippen molar-refractivity contribution in [3.63, 3.8) is 0 Å². The highest BCUT2D eigenvalue weighted by molar-refractivity contribution is 7.99. The van der Waals surface area contributed by atoms with Gasteiger partial charge in [0.25, 0.3) is 0 Å². The van der Waals surface area contributed by atoms with Crippen molar-refractivity contribution in [2.45, 2.75) is 24.3 Å². The van der Waals surface area contributed by atoms with E-state index in [1.807, 2.05) is 12.1 Å². The van der Waals surface area contributed by atoms with Crippen LogP contribution in [0.25, 0.3) is 0 Å². The molecule has 1 aromatic rings. The lowest BCUT2D eigenvalue weighted by molar-refractivity contribution is 0.782. The van der Waals surface area contributed by atoms with Crippen molar-refractivity contribution in [2.75, 3.05) is 11.6 Å². The topological polar surface area (TPSA) is 12.9 Å². The van der Waals surface area contributed by atoms with Crippen LogP contribution in [0.2, 0.25) is 5.02 Å². The molecule has 0 aliphatic carbocycles. The van der Waals surface area contributed by atoms with Crippen molar-refractivity contribution < 1.29 is 0 Å². The number of hydrogen-bond donors (Lipinski definition) is 0. The van der Waals surface area contributed by atoms with Gasteiger partial charge in [-0.05, 0) is 30.7 Å². The van der Waals surface area contributed by atoms with Crippen molar-refractivity contribution in [1.82, 2.24) is 4.98 Å². The first kappa shape index (κ1) is 12.2. The Balaban J connectivity index is 2.21. The monoisotopic (exact) mass is 249 g/mol. The van der Waals surface area contributed by atoms with E-state index < -0.39 is 0 Å². The Bertz CT molecular complexity index is 268. The molecule has 0 unspecified atom stereocenters. The van der Waals surface area contributed by atoms with Crippen molar-refractivity contribution in [1.29, 1.82) is 0 Å². The van der Waals surface area contributed by atoms with Crippen molar-refractivity contribution in [3.05, 3.63) is 23.4 Å². The molecule has 4 heteroatoms. The number of rotatable bonds is 6. The lowest BCUT2D eigenvalue weighted by atomic mass is 10.3. The summed E-state index contributed by atoms with van der Waals surface area (Å²) in [6.45, 7) is 0. The summed E-state index contributed by atoms with van der Waals surface area (Å²) in [6.07, 6.45) is 5.22. The van der Waals surface area contributed by atoms with Gasteiger partial charge in [0.05, 0.1) is 5.02 Å². The van der Waals surface area contributed by atoms with E-state index in [4.69, 9.17) is 23.2 Å². The number of halogens is 2. The molecule has 0 fully saturated rings. The van der Waals surface area contributed by atoms with Gasteiger partial charge >= 0.3 is 0 Å². The number of aromatic nitrogens is 1. The summed E-state index contributed by atoms with van der Waals surface area (Å²) in [6, 6.07) is 3.72. The minimum Gasteiger partial charge on any atom is -0.248 e. The Labute approximate surface area is 99.2 Å². The highest BCUT2D eigenvalue weighted by Crippen LogP contribution is 2.24. The molecule has 0 aromatic carbocycles. The Kier molecular flexibility index (Phi) is 6.41. The zero-order valence-corrected chi connectivity index (χ0v) is 10.2. The fourth-order valence-electron chi connectivity index (χ4n) is 1.02. The van der Waals surface area contributed by atoms with E-state index in [1.165, 1.54) is 12.8 Å². The summed E-state index contributed by atoms with van der Waals surface area (Å²) in [5, 5.41) is 1.68. The zero-order valence-electron chi connectivity index (χ0n) is 7.88. The molecule has 1 rings (SSSR count). The van der Waals surface area contributed by atoms with Gasteiger partial charge < -0.3 is 0 Å². The van der Waals surface area contributed by atoms with Gasteiger partial charge in [-0.1, -0.05) is 18.0 Å². The smallest absolute Gasteiger partial charge is 0.115 e. The molecule has 14 heavy (non-hydrogen) atoms. The molecule has 78 valence electrons. The van der Waals surface area contributed by atoms with Gasteiger partial charge in [0.2, 0.25) is 0 Å². The number of pyridine rings is 1. The molecule has 1 aromatic heterocycles. The van der Waals surface area contributed by atoms with Crippen molar-refractivity contribution in [2.24, 2.45) is 0 Å². The Morgan fingerprint density at radius 2 is 2.14 bits per heavy atom. The molecule has 0 saturated heterocycles. The fourth-order valence-corrected chi connectivity index (χ4v) is 2.38. The van der Waals surface area contributed by atoms with E-state index in [9.17, 15) is 0 Å². The Morgan fingerprint density at radius 1 is 1.29 bits per heavy atom. The van der Waals surface area contributed by atoms with Crippen LogP contribution >= 0.6 is 35.0 Å². The van der Waals surface area contributed by atoms with Crippen LogP contribution < -0.4 is 0 Å². The predicted molar refractivity (Wildman–Crippen MR) is 64.5 cm³/mol. The van der Waals surface area contributed by atoms with Crippen LogP contribution in [0.5, 0.6) is 0 Å². The van der Waals surface area contributed by atoms with Crippen LogP contribution in [0.4, 0.5) is 0 Å². The number of thioether (sulfide) groups is 1. The largest absolute Gasteiger partial charge is 0.248 e. The van der Waals surface area contributed by atoms with Gasteiger partial charge in [-0.2, -0.15) is 0 Å². The highest BCUT2D eigenvalue weighted by Gasteiger charge is 2.00. The van der Waals surface area contributed by atoms with E-state index in [0.717, 1.165) is 28.1 Å². The summed E-state index contributed by atoms with van der Waals surface area (Å²) >= 11 is 13.3. The highest BCUT2D eigenvalue weighted by atomic mass is 35.5. The summed E-state index contributed by atoms with van der Waals surface area (Å²) < 4.78 is 0. The third-order valence-corrected chi connectivity index (χ3v) is 3.52. The summed E-state index contributed by atoms with van der Waals surface area (Å²) in [4.78, 5) is 4.20. The lowest BCUT2D eigenvalue weighted by Gasteiger charge is -2.01. The molecule has 1 heterocycles. The lowest BCUT2D eigenvalue weighted by Crippen LogP contribution is -1.85. The number of unbranched alkanes of at least 4 members (excludes halogenated alkanes) is 2. The minimum absolute atomic E-state index is 0.745. The second-order valence-electron chi connectivity index (χ2n) is 2.89. The van der Waals surface area contributed by atoms with Crippen molar-refractivity contribution in [3.8, 4) is 0 Å². The summed E-state index contributed by atoms with van der Waals surface area (Å²) in [5.41, 5.74) is 0. The average molecular weight is 250 g/mol. The second kappa shape index (κ2) is 7.38. The van der Waals surface area contributed by atoms with E-state index in [1.54, 1.807) is 18.0 Å². The minimum atomic E-state index is 0.745. The summed E-state index contributed by atoms with van der Waals surface area (Å²) in [5.74, 6) is 1.82. The summed E-state index contributed by atoms with van der Waals surface area (Å²) in [7, 11) is 0. The van der Waals surface area contributed by atoms with Crippen molar-refractivity contribution >= 4 is 35.0 Å². The van der Waals surface area contributed by atoms with Crippen LogP contribution in [-0.4, -0.2) is 16.6 Å². The van der Waals surface area contributed by atoms with E-state index in [0.29, 0.717) is 0 Å². The standard InChI is InChI=1S/C10H13Cl2NS/c11-6-2-1-3-8-14-10-9(12)5-4-7-13-10/h4-5,7H,1-3,6,8H2. The average Bonchev–Trinajstić information content (AvgIpc) is 2.20. The third-order valence-electron chi connectivity index (χ3n) is 1.74. The fraction of sp³-hybridized carbons (Fsp3) is 0.500. The maximum atomic E-state index is 5.96. The molecule has 0 N–H and O–H groups in total. The third kappa shape index (κ3) is 4.54. The van der Waals surface area contributed by atoms with Gasteiger partial charge in [0.15, 0.2) is 0 Å². The van der Waals surface area contributed by atoms with Gasteiger partial charge in [-0.3, -0.25) is 0 Å². The molecular weight excluding hydrogens is 237 g/mol. The van der Waals surface area contributed by atoms with Crippen LogP contribution in [0.15, 0.2) is 23.4 Å². The molecule has 0 spiro atoms. The maximum Gasteiger partial charge on any atom is 0.115 e. The molecular formula is C10H13Cl2NS. The molecule has 0 aliphatic rings. The number of hydrogen-bond acceptors (Lipinski definition) is 2. The van der Waals surface area contributed by atoms with E-state index >= 15 is 0 Å². The molecule has 0 atom stereocenters.